The monoisotopic (exact) mass is 419 g/mol. The van der Waals surface area contributed by atoms with Crippen molar-refractivity contribution in [1.29, 1.82) is 0 Å². The molecule has 0 fully saturated rings. The number of nitrogens with zero attached hydrogens (tertiary/aromatic N) is 1. The Kier molecular flexibility index (Phi) is 4.49. The minimum absolute atomic E-state index is 0.0141. The van der Waals surface area contributed by atoms with E-state index in [9.17, 15) is 8.42 Å². The maximum atomic E-state index is 13.7. The maximum Gasteiger partial charge on any atom is 0.243 e. The van der Waals surface area contributed by atoms with Gasteiger partial charge in [-0.2, -0.15) is 4.31 Å². The van der Waals surface area contributed by atoms with Crippen LogP contribution in [0.2, 0.25) is 0 Å². The Bertz CT molecular complexity index is 1230. The molecule has 1 heterocycles. The van der Waals surface area contributed by atoms with E-state index in [1.54, 1.807) is 23.5 Å². The van der Waals surface area contributed by atoms with Gasteiger partial charge >= 0.3 is 0 Å². The normalized spacial score (nSPS) is 20.4. The molecule has 1 aliphatic heterocycles. The highest BCUT2D eigenvalue weighted by Gasteiger charge is 2.46. The van der Waals surface area contributed by atoms with Gasteiger partial charge < -0.3 is 4.74 Å². The van der Waals surface area contributed by atoms with Gasteiger partial charge in [0.25, 0.3) is 0 Å². The lowest BCUT2D eigenvalue weighted by atomic mass is 9.82. The van der Waals surface area contributed by atoms with Crippen molar-refractivity contribution in [2.24, 2.45) is 0 Å². The third-order valence-corrected chi connectivity index (χ3v) is 8.44. The summed E-state index contributed by atoms with van der Waals surface area (Å²) in [6.45, 7) is 4.46. The highest BCUT2D eigenvalue weighted by atomic mass is 32.2. The Morgan fingerprint density at radius 2 is 1.73 bits per heavy atom. The molecule has 5 heteroatoms. The van der Waals surface area contributed by atoms with E-state index in [0.29, 0.717) is 11.4 Å². The Hall–Kier alpha value is -2.63. The molecular formula is C25H25NO3S. The molecule has 154 valence electrons. The van der Waals surface area contributed by atoms with Crippen molar-refractivity contribution < 1.29 is 13.2 Å². The first kappa shape index (κ1) is 19.3. The molecule has 2 atom stereocenters. The summed E-state index contributed by atoms with van der Waals surface area (Å²) in [6.07, 6.45) is 0.726. The molecule has 3 aromatic rings. The number of aryl methyl sites for hydroxylation is 2. The molecule has 4 nitrogen and oxygen atoms in total. The lowest BCUT2D eigenvalue weighted by Crippen LogP contribution is -2.45. The van der Waals surface area contributed by atoms with E-state index in [1.807, 2.05) is 31.2 Å². The van der Waals surface area contributed by atoms with Crippen LogP contribution in [-0.4, -0.2) is 25.9 Å². The molecule has 0 spiro atoms. The number of ether oxygens (including phenoxy) is 1. The van der Waals surface area contributed by atoms with E-state index in [2.05, 4.69) is 31.2 Å². The van der Waals surface area contributed by atoms with Gasteiger partial charge in [-0.25, -0.2) is 8.42 Å². The number of sulfonamides is 1. The molecule has 30 heavy (non-hydrogen) atoms. The molecule has 0 unspecified atom stereocenters. The zero-order chi connectivity index (χ0) is 21.0. The van der Waals surface area contributed by atoms with Crippen LogP contribution in [0.3, 0.4) is 0 Å². The van der Waals surface area contributed by atoms with E-state index < -0.39 is 10.0 Å². The lowest BCUT2D eigenvalue weighted by molar-refractivity contribution is 0.280. The van der Waals surface area contributed by atoms with Crippen molar-refractivity contribution in [1.82, 2.24) is 4.31 Å². The first-order chi connectivity index (χ1) is 14.4. The standard InChI is InChI=1S/C25H25NO3S/c1-16-7-11-21(12-8-16)30(27,28)26-15-19-9-10-20(29-3)14-22(19)25-23(26)13-18-6-4-5-17(2)24(18)25/h4-12,14,23,25H,13,15H2,1-3H3/t23-,25-/m0/s1. The summed E-state index contributed by atoms with van der Waals surface area (Å²) in [5.74, 6) is 0.824. The fraction of sp³-hybridized carbons (Fsp3) is 0.280. The highest BCUT2D eigenvalue weighted by Crippen LogP contribution is 2.49. The largest absolute Gasteiger partial charge is 0.497 e. The topological polar surface area (TPSA) is 46.6 Å². The number of benzene rings is 3. The zero-order valence-electron chi connectivity index (χ0n) is 17.4. The lowest BCUT2D eigenvalue weighted by Gasteiger charge is -2.39. The van der Waals surface area contributed by atoms with Crippen LogP contribution >= 0.6 is 0 Å². The van der Waals surface area contributed by atoms with Gasteiger partial charge in [0.05, 0.1) is 12.0 Å². The molecule has 0 saturated carbocycles. The Morgan fingerprint density at radius 1 is 0.967 bits per heavy atom. The van der Waals surface area contributed by atoms with Gasteiger partial charge in [0.15, 0.2) is 0 Å². The van der Waals surface area contributed by atoms with Crippen molar-refractivity contribution in [2.75, 3.05) is 7.11 Å². The van der Waals surface area contributed by atoms with E-state index in [4.69, 9.17) is 4.74 Å². The van der Waals surface area contributed by atoms with Gasteiger partial charge in [0.2, 0.25) is 10.0 Å². The third kappa shape index (κ3) is 2.88. The van der Waals surface area contributed by atoms with Gasteiger partial charge in [0, 0.05) is 18.5 Å². The van der Waals surface area contributed by atoms with Gasteiger partial charge in [-0.15, -0.1) is 0 Å². The molecule has 0 aromatic heterocycles. The summed E-state index contributed by atoms with van der Waals surface area (Å²) < 4.78 is 34.6. The van der Waals surface area contributed by atoms with Crippen LogP contribution in [0.25, 0.3) is 0 Å². The highest BCUT2D eigenvalue weighted by molar-refractivity contribution is 7.89. The van der Waals surface area contributed by atoms with Crippen molar-refractivity contribution >= 4 is 10.0 Å². The number of fused-ring (bicyclic) bond motifs is 5. The number of hydrogen-bond acceptors (Lipinski definition) is 3. The average molecular weight is 420 g/mol. The summed E-state index contributed by atoms with van der Waals surface area (Å²) in [5, 5.41) is 0. The van der Waals surface area contributed by atoms with Crippen LogP contribution in [-0.2, 0) is 23.0 Å². The summed E-state index contributed by atoms with van der Waals surface area (Å²) in [5.41, 5.74) is 6.99. The quantitative estimate of drug-likeness (QED) is 0.625. The number of rotatable bonds is 3. The first-order valence-electron chi connectivity index (χ1n) is 10.2. The predicted octanol–water partition coefficient (Wildman–Crippen LogP) is 4.57. The summed E-state index contributed by atoms with van der Waals surface area (Å²) in [4.78, 5) is 0.358. The molecule has 3 aromatic carbocycles. The van der Waals surface area contributed by atoms with Gasteiger partial charge in [0.1, 0.15) is 5.75 Å². The second-order valence-electron chi connectivity index (χ2n) is 8.32. The molecule has 0 saturated heterocycles. The fourth-order valence-corrected chi connectivity index (χ4v) is 6.67. The average Bonchev–Trinajstić information content (AvgIpc) is 3.14. The van der Waals surface area contributed by atoms with E-state index in [-0.39, 0.29) is 12.0 Å². The number of methoxy groups -OCH3 is 1. The molecule has 5 rings (SSSR count). The Morgan fingerprint density at radius 3 is 2.47 bits per heavy atom. The van der Waals surface area contributed by atoms with Crippen LogP contribution < -0.4 is 4.74 Å². The minimum atomic E-state index is -3.62. The fourth-order valence-electron chi connectivity index (χ4n) is 5.06. The van der Waals surface area contributed by atoms with E-state index in [1.165, 1.54) is 22.3 Å². The summed E-state index contributed by atoms with van der Waals surface area (Å²) in [7, 11) is -1.95. The second-order valence-corrected chi connectivity index (χ2v) is 10.2. The Balaban J connectivity index is 1.69. The molecule has 1 aliphatic carbocycles. The van der Waals surface area contributed by atoms with Gasteiger partial charge in [-0.1, -0.05) is 42.0 Å². The molecular weight excluding hydrogens is 394 g/mol. The molecule has 2 aliphatic rings. The van der Waals surface area contributed by atoms with E-state index >= 15 is 0 Å². The molecule has 0 bridgehead atoms. The van der Waals surface area contributed by atoms with Crippen molar-refractivity contribution in [2.45, 2.75) is 43.7 Å². The van der Waals surface area contributed by atoms with Crippen LogP contribution in [0.15, 0.2) is 65.6 Å². The Labute approximate surface area is 178 Å². The summed E-state index contributed by atoms with van der Waals surface area (Å²) >= 11 is 0. The number of hydrogen-bond donors (Lipinski definition) is 0. The SMILES string of the molecule is COc1ccc2c(c1)[C@@H]1c3c(C)cccc3C[C@@H]1N(S(=O)(=O)c1ccc(C)cc1)C2. The van der Waals surface area contributed by atoms with Crippen molar-refractivity contribution in [3.8, 4) is 5.75 Å². The van der Waals surface area contributed by atoms with Gasteiger partial charge in [-0.05, 0) is 72.4 Å². The zero-order valence-corrected chi connectivity index (χ0v) is 18.2. The summed E-state index contributed by atoms with van der Waals surface area (Å²) in [6, 6.07) is 19.4. The third-order valence-electron chi connectivity index (χ3n) is 6.55. The minimum Gasteiger partial charge on any atom is -0.497 e. The molecule has 0 amide bonds. The van der Waals surface area contributed by atoms with Gasteiger partial charge in [-0.3, -0.25) is 0 Å². The van der Waals surface area contributed by atoms with Crippen LogP contribution in [0.1, 0.15) is 39.3 Å². The van der Waals surface area contributed by atoms with Crippen LogP contribution in [0.5, 0.6) is 5.75 Å². The molecule has 0 N–H and O–H groups in total. The second kappa shape index (κ2) is 6.96. The predicted molar refractivity (Wildman–Crippen MR) is 117 cm³/mol. The van der Waals surface area contributed by atoms with E-state index in [0.717, 1.165) is 23.3 Å². The molecule has 0 radical (unpaired) electrons. The van der Waals surface area contributed by atoms with Crippen LogP contribution in [0, 0.1) is 13.8 Å². The van der Waals surface area contributed by atoms with Crippen LogP contribution in [0.4, 0.5) is 0 Å². The maximum absolute atomic E-state index is 13.7. The first-order valence-corrected chi connectivity index (χ1v) is 11.7. The van der Waals surface area contributed by atoms with Crippen molar-refractivity contribution in [3.05, 3.63) is 94.0 Å². The smallest absolute Gasteiger partial charge is 0.243 e. The van der Waals surface area contributed by atoms with Crippen molar-refractivity contribution in [3.63, 3.8) is 0 Å².